The van der Waals surface area contributed by atoms with E-state index in [0.29, 0.717) is 10.5 Å². The summed E-state index contributed by atoms with van der Waals surface area (Å²) in [6.07, 6.45) is 53.7. The standard InChI is InChI=1S/C90H218O13Si18/c1-34-41-48-55-62-69-76-108(14,15)94-118(92-105(8)9,95-109(16,17)77-70-63-56-49-42-35-2)87-84-115(28,29)101-120(89-83-107(12,13)91-104,102-116(30,31)85-88-119(93-106(10)11,96-110(18,19)78-71-64-57-50-43-36-3)97-111(20,21)79-72-65-58-51-44-37-4)103-117(32,33)86-90-121(98-112(22,23)80-73-66-59-52-45-38-5,99-113(24,25)81-74-67-60-53-46-39-6)100-114(26,27)82-75-68-61-54-47-40-7/h105-106H,34-90H2,1-33,104H3. The predicted molar refractivity (Wildman–Crippen MR) is 583 cm³/mol. The van der Waals surface area contributed by atoms with Crippen LogP contribution in [0.2, 0.25) is 261 Å². The third-order valence-corrected chi connectivity index (χ3v) is 92.5. The number of rotatable bonds is 86. The Bertz CT molecular complexity index is 2290. The van der Waals surface area contributed by atoms with Gasteiger partial charge >= 0.3 is 35.2 Å². The minimum Gasteiger partial charge on any atom is -0.463 e. The van der Waals surface area contributed by atoms with E-state index in [0.717, 1.165) is 90.7 Å². The number of unbranched alkanes of at least 4 members (excludes halogenated alkanes) is 35. The van der Waals surface area contributed by atoms with Crippen LogP contribution < -0.4 is 0 Å². The van der Waals surface area contributed by atoms with Crippen LogP contribution in [0.25, 0.3) is 0 Å². The summed E-state index contributed by atoms with van der Waals surface area (Å²) in [5.74, 6) is 0. The van der Waals surface area contributed by atoms with Crippen molar-refractivity contribution in [3.05, 3.63) is 0 Å². The molecule has 0 aromatic rings. The Morgan fingerprint density at radius 2 is 0.281 bits per heavy atom. The van der Waals surface area contributed by atoms with Gasteiger partial charge in [-0.2, -0.15) is 0 Å². The van der Waals surface area contributed by atoms with Gasteiger partial charge in [-0.1, -0.05) is 318 Å². The van der Waals surface area contributed by atoms with Crippen LogP contribution in [-0.4, -0.2) is 155 Å². The zero-order valence-electron chi connectivity index (χ0n) is 88.3. The van der Waals surface area contributed by atoms with E-state index < -0.39 is 145 Å². The third-order valence-electron chi connectivity index (χ3n) is 24.8. The van der Waals surface area contributed by atoms with E-state index >= 15 is 0 Å². The minimum absolute atomic E-state index is 0.683. The van der Waals surface area contributed by atoms with Crippen molar-refractivity contribution >= 4 is 155 Å². The lowest BCUT2D eigenvalue weighted by Crippen LogP contribution is -2.65. The summed E-state index contributed by atoms with van der Waals surface area (Å²) in [4.78, 5) is 0. The van der Waals surface area contributed by atoms with E-state index in [4.69, 9.17) is 53.5 Å². The van der Waals surface area contributed by atoms with Crippen molar-refractivity contribution in [2.75, 3.05) is 0 Å². The Hall–Kier alpha value is 3.38. The molecular weight excluding hydrogens is 1790 g/mol. The summed E-state index contributed by atoms with van der Waals surface area (Å²) in [6.45, 7) is 80.9. The van der Waals surface area contributed by atoms with Gasteiger partial charge in [-0.15, -0.1) is 0 Å². The van der Waals surface area contributed by atoms with Gasteiger partial charge in [-0.25, -0.2) is 0 Å². The van der Waals surface area contributed by atoms with Crippen LogP contribution in [0.3, 0.4) is 0 Å². The second kappa shape index (κ2) is 64.4. The van der Waals surface area contributed by atoms with Crippen LogP contribution in [0, 0.1) is 0 Å². The van der Waals surface area contributed by atoms with Gasteiger partial charge in [-0.05, 0) is 237 Å². The van der Waals surface area contributed by atoms with Crippen molar-refractivity contribution in [3.63, 3.8) is 0 Å². The van der Waals surface area contributed by atoms with Crippen molar-refractivity contribution in [2.24, 2.45) is 0 Å². The quantitative estimate of drug-likeness (QED) is 0.0425. The van der Waals surface area contributed by atoms with E-state index in [2.05, 4.69) is 219 Å². The summed E-state index contributed by atoms with van der Waals surface area (Å²) < 4.78 is 106. The first-order valence-corrected chi connectivity index (χ1v) is 101. The van der Waals surface area contributed by atoms with Crippen molar-refractivity contribution < 1.29 is 53.5 Å². The van der Waals surface area contributed by atoms with Gasteiger partial charge in [-0.3, -0.25) is 0 Å². The molecule has 0 bridgehead atoms. The van der Waals surface area contributed by atoms with Gasteiger partial charge in [0, 0.05) is 24.2 Å². The molecule has 0 unspecified atom stereocenters. The molecule has 0 N–H and O–H groups in total. The van der Waals surface area contributed by atoms with E-state index in [9.17, 15) is 0 Å². The zero-order chi connectivity index (χ0) is 92.2. The highest BCUT2D eigenvalue weighted by molar-refractivity contribution is 6.96. The van der Waals surface area contributed by atoms with Gasteiger partial charge in [0.1, 0.15) is 10.5 Å². The first-order valence-electron chi connectivity index (χ1n) is 52.1. The first-order chi connectivity index (χ1) is 56.2. The van der Waals surface area contributed by atoms with E-state index in [1.54, 1.807) is 0 Å². The zero-order valence-corrected chi connectivity index (χ0v) is 108. The van der Waals surface area contributed by atoms with Gasteiger partial charge in [0.15, 0.2) is 110 Å². The van der Waals surface area contributed by atoms with Crippen molar-refractivity contribution in [1.29, 1.82) is 0 Å². The molecule has 0 saturated heterocycles. The average Bonchev–Trinajstić information content (AvgIpc) is 0.775. The van der Waals surface area contributed by atoms with Gasteiger partial charge in [0.25, 0.3) is 0 Å². The summed E-state index contributed by atoms with van der Waals surface area (Å²) in [5, 5.41) is 0. The second-order valence-electron chi connectivity index (χ2n) is 45.3. The fourth-order valence-electron chi connectivity index (χ4n) is 17.6. The summed E-state index contributed by atoms with van der Waals surface area (Å²) >= 11 is 0. The van der Waals surface area contributed by atoms with Crippen molar-refractivity contribution in [2.45, 2.75) is 579 Å². The second-order valence-corrected chi connectivity index (χ2v) is 113. The van der Waals surface area contributed by atoms with Crippen molar-refractivity contribution in [3.8, 4) is 0 Å². The monoisotopic (exact) mass is 2010 g/mol. The maximum absolute atomic E-state index is 8.74. The average molecular weight is 2010 g/mol. The molecular formula is C90H218O13Si18. The molecule has 31 heteroatoms. The molecule has 0 aromatic heterocycles. The summed E-state index contributed by atoms with van der Waals surface area (Å²) in [5.41, 5.74) is 0. The molecule has 0 aliphatic rings. The van der Waals surface area contributed by atoms with Crippen LogP contribution in [0.15, 0.2) is 0 Å². The molecule has 0 radical (unpaired) electrons. The SMILES string of the molecule is CCCCCCCC[Si](C)(C)O[Si](CC[Si](C)(C)O[Si](CC[Si](C)(C)O[SiH3])(O[Si](C)(C)CC[Si](O[SiH](C)C)(O[Si](C)(C)CCCCCCCC)O[Si](C)(C)CCCCCCCC)O[Si](C)(C)CC[Si](O[Si](C)(C)CCCCCCCC)(O[Si](C)(C)CCCCCCCC)O[Si](C)(C)CCCCCCCC)(O[SiH](C)C)O[Si](C)(C)CCCCCCCC. The molecule has 0 atom stereocenters. The maximum atomic E-state index is 8.74. The molecule has 0 heterocycles. The predicted octanol–water partition coefficient (Wildman–Crippen LogP) is 33.0. The molecule has 0 aliphatic heterocycles. The van der Waals surface area contributed by atoms with Gasteiger partial charge in [0.05, 0.1) is 0 Å². The third kappa shape index (κ3) is 64.9. The normalized spacial score (nSPS) is 14.2. The highest BCUT2D eigenvalue weighted by atomic mass is 28.5. The highest BCUT2D eigenvalue weighted by Gasteiger charge is 2.60. The number of hydrogen-bond donors (Lipinski definition) is 0. The number of hydrogen-bond acceptors (Lipinski definition) is 13. The Morgan fingerprint density at radius 1 is 0.157 bits per heavy atom. The van der Waals surface area contributed by atoms with E-state index in [1.807, 2.05) is 0 Å². The first kappa shape index (κ1) is 124. The van der Waals surface area contributed by atoms with Crippen LogP contribution in [0.1, 0.15) is 318 Å². The lowest BCUT2D eigenvalue weighted by molar-refractivity contribution is 0.236. The Balaban J connectivity index is 9.59. The molecule has 728 valence electrons. The van der Waals surface area contributed by atoms with Crippen LogP contribution >= 0.6 is 0 Å². The molecule has 0 saturated carbocycles. The molecule has 0 rings (SSSR count). The lowest BCUT2D eigenvalue weighted by atomic mass is 10.1. The van der Waals surface area contributed by atoms with Gasteiger partial charge < -0.3 is 53.5 Å². The highest BCUT2D eigenvalue weighted by Crippen LogP contribution is 2.44. The van der Waals surface area contributed by atoms with E-state index in [-0.39, 0.29) is 0 Å². The minimum atomic E-state index is -3.82. The van der Waals surface area contributed by atoms with Gasteiger partial charge in [0.2, 0.25) is 0 Å². The summed E-state index contributed by atoms with van der Waals surface area (Å²) in [6, 6.07) is 14.3. The lowest BCUT2D eigenvalue weighted by Gasteiger charge is -2.48. The smallest absolute Gasteiger partial charge is 0.463 e. The Labute approximate surface area is 781 Å². The Kier molecular flexibility index (Phi) is 66.2. The van der Waals surface area contributed by atoms with E-state index in [1.165, 1.54) is 270 Å². The molecule has 0 spiro atoms. The maximum Gasteiger partial charge on any atom is 0.469 e. The molecule has 0 amide bonds. The molecule has 0 aliphatic carbocycles. The molecule has 0 aromatic carbocycles. The Morgan fingerprint density at radius 3 is 0.430 bits per heavy atom. The molecule has 121 heavy (non-hydrogen) atoms. The molecule has 13 nitrogen and oxygen atoms in total. The van der Waals surface area contributed by atoms with Crippen molar-refractivity contribution in [1.82, 2.24) is 0 Å². The van der Waals surface area contributed by atoms with Crippen LogP contribution in [0.4, 0.5) is 0 Å². The fourth-order valence-corrected chi connectivity index (χ4v) is 96.0. The summed E-state index contributed by atoms with van der Waals surface area (Å²) in [7, 11) is -44.1. The largest absolute Gasteiger partial charge is 0.469 e. The fraction of sp³-hybridized carbons (Fsp3) is 1.00. The van der Waals surface area contributed by atoms with Crippen LogP contribution in [-0.2, 0) is 53.5 Å². The molecule has 0 fully saturated rings. The van der Waals surface area contributed by atoms with Crippen LogP contribution in [0.5, 0.6) is 0 Å². The topological polar surface area (TPSA) is 120 Å².